The molecule has 5 heteroatoms. The summed E-state index contributed by atoms with van der Waals surface area (Å²) >= 11 is 3.49. The number of phenolic OH excluding ortho intramolecular Hbond substituents is 1. The van der Waals surface area contributed by atoms with E-state index < -0.39 is 0 Å². The Bertz CT molecular complexity index is 675. The van der Waals surface area contributed by atoms with Crippen LogP contribution in [0.2, 0.25) is 0 Å². The number of methoxy groups -OCH3 is 1. The first-order chi connectivity index (χ1) is 9.93. The van der Waals surface area contributed by atoms with Crippen molar-refractivity contribution in [3.63, 3.8) is 0 Å². The fraction of sp³-hybridized carbons (Fsp3) is 0.188. The number of nitrogens with one attached hydrogen (secondary N) is 1. The van der Waals surface area contributed by atoms with E-state index in [1.54, 1.807) is 18.2 Å². The fourth-order valence-corrected chi connectivity index (χ4v) is 2.32. The molecule has 0 fully saturated rings. The van der Waals surface area contributed by atoms with Crippen LogP contribution in [0.25, 0.3) is 0 Å². The summed E-state index contributed by atoms with van der Waals surface area (Å²) in [6.45, 7) is 3.91. The minimum atomic E-state index is -0.382. The zero-order chi connectivity index (χ0) is 15.6. The summed E-state index contributed by atoms with van der Waals surface area (Å²) in [6, 6.07) is 8.54. The third-order valence-electron chi connectivity index (χ3n) is 3.16. The number of carbonyl (C=O) groups is 1. The van der Waals surface area contributed by atoms with Gasteiger partial charge in [-0.2, -0.15) is 0 Å². The molecule has 0 saturated carbocycles. The zero-order valence-electron chi connectivity index (χ0n) is 12.0. The predicted molar refractivity (Wildman–Crippen MR) is 86.2 cm³/mol. The van der Waals surface area contributed by atoms with E-state index >= 15 is 0 Å². The quantitative estimate of drug-likeness (QED) is 0.879. The molecule has 2 aromatic carbocycles. The molecule has 2 N–H and O–H groups in total. The van der Waals surface area contributed by atoms with E-state index in [1.165, 1.54) is 7.11 Å². The van der Waals surface area contributed by atoms with E-state index in [0.717, 1.165) is 15.6 Å². The average Bonchev–Trinajstić information content (AvgIpc) is 2.44. The van der Waals surface area contributed by atoms with Crippen molar-refractivity contribution in [3.05, 3.63) is 51.5 Å². The van der Waals surface area contributed by atoms with Crippen molar-refractivity contribution in [3.8, 4) is 11.5 Å². The number of ether oxygens (including phenoxy) is 1. The maximum atomic E-state index is 12.3. The fourth-order valence-electron chi connectivity index (χ4n) is 2.09. The van der Waals surface area contributed by atoms with Crippen molar-refractivity contribution in [2.45, 2.75) is 13.8 Å². The largest absolute Gasteiger partial charge is 0.504 e. The third kappa shape index (κ3) is 3.19. The molecule has 21 heavy (non-hydrogen) atoms. The lowest BCUT2D eigenvalue weighted by Gasteiger charge is -2.11. The lowest BCUT2D eigenvalue weighted by atomic mass is 10.1. The average molecular weight is 350 g/mol. The van der Waals surface area contributed by atoms with Gasteiger partial charge in [-0.3, -0.25) is 4.79 Å². The normalized spacial score (nSPS) is 10.3. The maximum Gasteiger partial charge on any atom is 0.259 e. The Labute approximate surface area is 131 Å². The van der Waals surface area contributed by atoms with Gasteiger partial charge in [0.1, 0.15) is 0 Å². The van der Waals surface area contributed by atoms with Crippen LogP contribution in [-0.2, 0) is 0 Å². The van der Waals surface area contributed by atoms with Gasteiger partial charge in [0.05, 0.1) is 12.7 Å². The van der Waals surface area contributed by atoms with Crippen molar-refractivity contribution in [1.29, 1.82) is 0 Å². The molecule has 2 rings (SSSR count). The predicted octanol–water partition coefficient (Wildman–Crippen LogP) is 4.03. The number of hydrogen-bond acceptors (Lipinski definition) is 3. The summed E-state index contributed by atoms with van der Waals surface area (Å²) in [4.78, 5) is 12.3. The summed E-state index contributed by atoms with van der Waals surface area (Å²) in [5, 5.41) is 12.8. The molecular formula is C16H16BrNO3. The molecule has 0 heterocycles. The molecule has 0 saturated heterocycles. The van der Waals surface area contributed by atoms with Gasteiger partial charge in [0.25, 0.3) is 5.91 Å². The highest BCUT2D eigenvalue weighted by molar-refractivity contribution is 9.10. The van der Waals surface area contributed by atoms with E-state index in [-0.39, 0.29) is 23.0 Å². The van der Waals surface area contributed by atoms with Crippen LogP contribution in [0, 0.1) is 13.8 Å². The van der Waals surface area contributed by atoms with E-state index in [2.05, 4.69) is 21.2 Å². The van der Waals surface area contributed by atoms with Gasteiger partial charge in [-0.1, -0.05) is 22.0 Å². The van der Waals surface area contributed by atoms with Gasteiger partial charge in [-0.05, 0) is 49.2 Å². The number of anilines is 1. The number of rotatable bonds is 3. The summed E-state index contributed by atoms with van der Waals surface area (Å²) in [6.07, 6.45) is 0. The first kappa shape index (κ1) is 15.4. The van der Waals surface area contributed by atoms with Crippen molar-refractivity contribution >= 4 is 27.5 Å². The van der Waals surface area contributed by atoms with Crippen molar-refractivity contribution in [1.82, 2.24) is 0 Å². The highest BCUT2D eigenvalue weighted by Gasteiger charge is 2.15. The summed E-state index contributed by atoms with van der Waals surface area (Å²) < 4.78 is 6.02. The molecule has 0 aliphatic carbocycles. The molecular weight excluding hydrogens is 334 g/mol. The van der Waals surface area contributed by atoms with Gasteiger partial charge < -0.3 is 15.2 Å². The maximum absolute atomic E-state index is 12.3. The van der Waals surface area contributed by atoms with E-state index in [9.17, 15) is 9.90 Å². The number of phenols is 1. The monoisotopic (exact) mass is 349 g/mol. The number of aryl methyl sites for hydroxylation is 2. The zero-order valence-corrected chi connectivity index (χ0v) is 13.6. The van der Waals surface area contributed by atoms with Gasteiger partial charge >= 0.3 is 0 Å². The second-order valence-electron chi connectivity index (χ2n) is 4.73. The Hall–Kier alpha value is -2.01. The van der Waals surface area contributed by atoms with Crippen LogP contribution >= 0.6 is 15.9 Å². The van der Waals surface area contributed by atoms with E-state index in [0.29, 0.717) is 5.69 Å². The Kier molecular flexibility index (Phi) is 4.53. The van der Waals surface area contributed by atoms with Gasteiger partial charge in [0.15, 0.2) is 11.5 Å². The van der Waals surface area contributed by atoms with Crippen LogP contribution in [0.3, 0.4) is 0 Å². The first-order valence-electron chi connectivity index (χ1n) is 6.38. The second-order valence-corrected chi connectivity index (χ2v) is 5.53. The van der Waals surface area contributed by atoms with E-state index in [1.807, 2.05) is 26.0 Å². The van der Waals surface area contributed by atoms with Crippen LogP contribution < -0.4 is 10.1 Å². The minimum Gasteiger partial charge on any atom is -0.504 e. The van der Waals surface area contributed by atoms with Crippen molar-refractivity contribution < 1.29 is 14.6 Å². The standard InChI is InChI=1S/C16H16BrNO3/c1-9-7-11(8-10(2)14(9)17)18-16(20)12-5-4-6-13(21-3)15(12)19/h4-8,19H,1-3H3,(H,18,20). The van der Waals surface area contributed by atoms with Gasteiger partial charge in [-0.25, -0.2) is 0 Å². The lowest BCUT2D eigenvalue weighted by Crippen LogP contribution is -2.12. The molecule has 0 aliphatic rings. The molecule has 0 spiro atoms. The minimum absolute atomic E-state index is 0.164. The molecule has 0 bridgehead atoms. The van der Waals surface area contributed by atoms with Gasteiger partial charge in [0, 0.05) is 10.2 Å². The van der Waals surface area contributed by atoms with E-state index in [4.69, 9.17) is 4.74 Å². The molecule has 0 atom stereocenters. The SMILES string of the molecule is COc1cccc(C(=O)Nc2cc(C)c(Br)c(C)c2)c1O. The molecule has 2 aromatic rings. The van der Waals surface area contributed by atoms with Crippen LogP contribution in [0.15, 0.2) is 34.8 Å². The highest BCUT2D eigenvalue weighted by Crippen LogP contribution is 2.30. The van der Waals surface area contributed by atoms with Crippen LogP contribution in [0.5, 0.6) is 11.5 Å². The van der Waals surface area contributed by atoms with Gasteiger partial charge in [0.2, 0.25) is 0 Å². The number of para-hydroxylation sites is 1. The molecule has 110 valence electrons. The summed E-state index contributed by atoms with van der Waals surface area (Å²) in [5.41, 5.74) is 2.91. The third-order valence-corrected chi connectivity index (χ3v) is 4.41. The number of benzene rings is 2. The Balaban J connectivity index is 2.30. The number of aromatic hydroxyl groups is 1. The first-order valence-corrected chi connectivity index (χ1v) is 7.17. The van der Waals surface area contributed by atoms with Gasteiger partial charge in [-0.15, -0.1) is 0 Å². The molecule has 1 amide bonds. The topological polar surface area (TPSA) is 58.6 Å². The number of carbonyl (C=O) groups excluding carboxylic acids is 1. The van der Waals surface area contributed by atoms with Crippen LogP contribution in [-0.4, -0.2) is 18.1 Å². The molecule has 0 unspecified atom stereocenters. The lowest BCUT2D eigenvalue weighted by molar-refractivity contribution is 0.102. The van der Waals surface area contributed by atoms with Crippen molar-refractivity contribution in [2.24, 2.45) is 0 Å². The molecule has 0 radical (unpaired) electrons. The smallest absolute Gasteiger partial charge is 0.259 e. The molecule has 0 aromatic heterocycles. The Morgan fingerprint density at radius 1 is 1.24 bits per heavy atom. The van der Waals surface area contributed by atoms with Crippen LogP contribution in [0.1, 0.15) is 21.5 Å². The highest BCUT2D eigenvalue weighted by atomic mass is 79.9. The summed E-state index contributed by atoms with van der Waals surface area (Å²) in [5.74, 6) is -0.276. The summed E-state index contributed by atoms with van der Waals surface area (Å²) in [7, 11) is 1.44. The Morgan fingerprint density at radius 3 is 2.43 bits per heavy atom. The van der Waals surface area contributed by atoms with Crippen molar-refractivity contribution in [2.75, 3.05) is 12.4 Å². The number of hydrogen-bond donors (Lipinski definition) is 2. The van der Waals surface area contributed by atoms with Crippen LogP contribution in [0.4, 0.5) is 5.69 Å². The molecule has 4 nitrogen and oxygen atoms in total. The second kappa shape index (κ2) is 6.18. The number of halogens is 1. The Morgan fingerprint density at radius 2 is 1.86 bits per heavy atom. The molecule has 0 aliphatic heterocycles. The number of amides is 1.